The molecule has 0 saturated carbocycles. The van der Waals surface area contributed by atoms with Gasteiger partial charge in [-0.25, -0.2) is 0 Å². The molecule has 0 saturated heterocycles. The molecule has 98 valence electrons. The highest BCUT2D eigenvalue weighted by Gasteiger charge is 2.12. The fourth-order valence-electron chi connectivity index (χ4n) is 1.00. The zero-order valence-corrected chi connectivity index (χ0v) is 10.7. The molecule has 1 rings (SSSR count). The van der Waals surface area contributed by atoms with Gasteiger partial charge in [-0.3, -0.25) is 13.7 Å². The van der Waals surface area contributed by atoms with Crippen LogP contribution in [0.15, 0.2) is 23.1 Å². The minimum Gasteiger partial charge on any atom is -0.282 e. The molecule has 0 atom stereocenters. The number of hydrogen-bond acceptors (Lipinski definition) is 4. The number of benzene rings is 1. The summed E-state index contributed by atoms with van der Waals surface area (Å²) in [4.78, 5) is -0.0116. The van der Waals surface area contributed by atoms with Crippen molar-refractivity contribution in [3.8, 4) is 0 Å². The standard InChI is InChI=1S/C8H10O3S.H2O4S/c1-6-4-3-5-8(7(6)2)12(9,10)11;1-5(2,3)4/h3-5H,1-2H3,(H,9,10,11);(H2,1,2,3,4). The third kappa shape index (κ3) is 7.02. The molecule has 0 heterocycles. The lowest BCUT2D eigenvalue weighted by molar-refractivity contribution is 0.381. The SMILES string of the molecule is Cc1cccc(S(=O)(=O)O)c1C.O=S(=O)(O)O. The van der Waals surface area contributed by atoms with Gasteiger partial charge < -0.3 is 0 Å². The van der Waals surface area contributed by atoms with Gasteiger partial charge in [0.15, 0.2) is 0 Å². The van der Waals surface area contributed by atoms with Crippen molar-refractivity contribution in [2.75, 3.05) is 0 Å². The van der Waals surface area contributed by atoms with Gasteiger partial charge in [-0.15, -0.1) is 0 Å². The molecule has 17 heavy (non-hydrogen) atoms. The molecule has 3 N–H and O–H groups in total. The first-order valence-corrected chi connectivity index (χ1v) is 7.00. The van der Waals surface area contributed by atoms with Crippen molar-refractivity contribution < 1.29 is 30.5 Å². The summed E-state index contributed by atoms with van der Waals surface area (Å²) in [5, 5.41) is 0. The van der Waals surface area contributed by atoms with E-state index in [2.05, 4.69) is 0 Å². The van der Waals surface area contributed by atoms with E-state index in [4.69, 9.17) is 22.1 Å². The number of aryl methyl sites for hydroxylation is 1. The van der Waals surface area contributed by atoms with E-state index in [1.54, 1.807) is 26.0 Å². The molecule has 0 aromatic heterocycles. The lowest BCUT2D eigenvalue weighted by atomic mass is 10.1. The topological polar surface area (TPSA) is 129 Å². The van der Waals surface area contributed by atoms with Crippen LogP contribution in [0, 0.1) is 13.8 Å². The first kappa shape index (κ1) is 16.0. The first-order valence-electron chi connectivity index (χ1n) is 4.16. The smallest absolute Gasteiger partial charge is 0.282 e. The van der Waals surface area contributed by atoms with Crippen molar-refractivity contribution in [2.45, 2.75) is 18.7 Å². The van der Waals surface area contributed by atoms with Crippen LogP contribution in [0.2, 0.25) is 0 Å². The van der Waals surface area contributed by atoms with E-state index < -0.39 is 20.5 Å². The van der Waals surface area contributed by atoms with Gasteiger partial charge in [0, 0.05) is 0 Å². The molecule has 0 aliphatic heterocycles. The van der Waals surface area contributed by atoms with E-state index >= 15 is 0 Å². The van der Waals surface area contributed by atoms with Crippen LogP contribution in [0.4, 0.5) is 0 Å². The molecule has 0 aliphatic carbocycles. The summed E-state index contributed by atoms with van der Waals surface area (Å²) in [6, 6.07) is 4.78. The average molecular weight is 284 g/mol. The summed E-state index contributed by atoms with van der Waals surface area (Å²) in [6.07, 6.45) is 0. The van der Waals surface area contributed by atoms with Crippen LogP contribution in [-0.2, 0) is 20.5 Å². The highest BCUT2D eigenvalue weighted by atomic mass is 32.3. The van der Waals surface area contributed by atoms with Crippen molar-refractivity contribution in [1.29, 1.82) is 0 Å². The zero-order chi connectivity index (χ0) is 13.9. The molecule has 0 aliphatic rings. The Balaban J connectivity index is 0.000000437. The maximum Gasteiger partial charge on any atom is 0.394 e. The molecule has 0 amide bonds. The first-order chi connectivity index (χ1) is 7.43. The second-order valence-electron chi connectivity index (χ2n) is 3.12. The molecule has 0 radical (unpaired) electrons. The molecule has 0 fully saturated rings. The fraction of sp³-hybridized carbons (Fsp3) is 0.250. The molecule has 0 unspecified atom stereocenters. The minimum absolute atomic E-state index is 0.0116. The van der Waals surface area contributed by atoms with Gasteiger partial charge in [0.2, 0.25) is 0 Å². The van der Waals surface area contributed by atoms with Crippen LogP contribution < -0.4 is 0 Å². The van der Waals surface area contributed by atoms with E-state index in [1.165, 1.54) is 6.07 Å². The Morgan fingerprint density at radius 3 is 1.65 bits per heavy atom. The third-order valence-electron chi connectivity index (χ3n) is 1.83. The quantitative estimate of drug-likeness (QED) is 0.653. The van der Waals surface area contributed by atoms with Gasteiger partial charge in [0.1, 0.15) is 0 Å². The van der Waals surface area contributed by atoms with E-state index in [-0.39, 0.29) is 4.90 Å². The highest BCUT2D eigenvalue weighted by molar-refractivity contribution is 7.85. The maximum absolute atomic E-state index is 10.8. The van der Waals surface area contributed by atoms with E-state index in [0.29, 0.717) is 5.56 Å². The fourth-order valence-corrected chi connectivity index (χ4v) is 1.80. The predicted octanol–water partition coefficient (Wildman–Crippen LogP) is 0.897. The molecule has 0 spiro atoms. The van der Waals surface area contributed by atoms with Gasteiger partial charge in [-0.2, -0.15) is 16.8 Å². The van der Waals surface area contributed by atoms with Gasteiger partial charge in [0.25, 0.3) is 10.1 Å². The van der Waals surface area contributed by atoms with Crippen LogP contribution in [0.1, 0.15) is 11.1 Å². The monoisotopic (exact) mass is 284 g/mol. The lowest BCUT2D eigenvalue weighted by Crippen LogP contribution is -2.01. The van der Waals surface area contributed by atoms with Crippen LogP contribution in [0.3, 0.4) is 0 Å². The molecular formula is C8H12O7S2. The van der Waals surface area contributed by atoms with Crippen LogP contribution in [-0.4, -0.2) is 30.5 Å². The molecule has 1 aromatic carbocycles. The summed E-state index contributed by atoms with van der Waals surface area (Å²) in [7, 11) is -8.72. The maximum atomic E-state index is 10.8. The third-order valence-corrected chi connectivity index (χ3v) is 2.83. The molecule has 1 aromatic rings. The van der Waals surface area contributed by atoms with E-state index in [1.807, 2.05) is 0 Å². The summed E-state index contributed by atoms with van der Waals surface area (Å²) in [5.74, 6) is 0. The second kappa shape index (κ2) is 5.56. The Morgan fingerprint density at radius 2 is 1.35 bits per heavy atom. The Hall–Kier alpha value is -1.00. The molecular weight excluding hydrogens is 272 g/mol. The van der Waals surface area contributed by atoms with Gasteiger partial charge in [-0.1, -0.05) is 12.1 Å². The van der Waals surface area contributed by atoms with E-state index in [9.17, 15) is 8.42 Å². The van der Waals surface area contributed by atoms with Crippen LogP contribution in [0.5, 0.6) is 0 Å². The van der Waals surface area contributed by atoms with Crippen molar-refractivity contribution in [1.82, 2.24) is 0 Å². The number of rotatable bonds is 1. The Labute approximate surface area is 99.4 Å². The predicted molar refractivity (Wildman–Crippen MR) is 59.9 cm³/mol. The van der Waals surface area contributed by atoms with Crippen LogP contribution in [0.25, 0.3) is 0 Å². The van der Waals surface area contributed by atoms with Gasteiger partial charge in [0.05, 0.1) is 4.90 Å². The van der Waals surface area contributed by atoms with Crippen molar-refractivity contribution in [3.05, 3.63) is 29.3 Å². The summed E-state index contributed by atoms with van der Waals surface area (Å²) in [6.45, 7) is 3.46. The van der Waals surface area contributed by atoms with E-state index in [0.717, 1.165) is 5.56 Å². The Morgan fingerprint density at radius 1 is 0.941 bits per heavy atom. The minimum atomic E-state index is -4.67. The second-order valence-corrected chi connectivity index (χ2v) is 5.41. The molecule has 7 nitrogen and oxygen atoms in total. The normalized spacial score (nSPS) is 11.6. The van der Waals surface area contributed by atoms with Crippen LogP contribution >= 0.6 is 0 Å². The van der Waals surface area contributed by atoms with Crippen molar-refractivity contribution in [3.63, 3.8) is 0 Å². The Bertz CT molecular complexity index is 578. The van der Waals surface area contributed by atoms with Crippen molar-refractivity contribution in [2.24, 2.45) is 0 Å². The average Bonchev–Trinajstić information content (AvgIpc) is 2.04. The Kier molecular flexibility index (Phi) is 5.23. The lowest BCUT2D eigenvalue weighted by Gasteiger charge is -2.03. The number of hydrogen-bond donors (Lipinski definition) is 3. The largest absolute Gasteiger partial charge is 0.394 e. The molecule has 0 bridgehead atoms. The summed E-state index contributed by atoms with van der Waals surface area (Å²) < 4.78 is 61.9. The van der Waals surface area contributed by atoms with Gasteiger partial charge in [-0.05, 0) is 31.0 Å². The van der Waals surface area contributed by atoms with Crippen molar-refractivity contribution >= 4 is 20.5 Å². The van der Waals surface area contributed by atoms with Gasteiger partial charge >= 0.3 is 10.4 Å². The summed E-state index contributed by atoms with van der Waals surface area (Å²) >= 11 is 0. The molecule has 9 heteroatoms. The zero-order valence-electron chi connectivity index (χ0n) is 9.02. The summed E-state index contributed by atoms with van der Waals surface area (Å²) in [5.41, 5.74) is 1.45. The highest BCUT2D eigenvalue weighted by Crippen LogP contribution is 2.17.